The van der Waals surface area contributed by atoms with Crippen LogP contribution in [0, 0.1) is 5.41 Å². The van der Waals surface area contributed by atoms with Gasteiger partial charge in [-0.2, -0.15) is 0 Å². The molecule has 0 saturated carbocycles. The molecule has 0 atom stereocenters. The monoisotopic (exact) mass is 356 g/mol. The van der Waals surface area contributed by atoms with Crippen molar-refractivity contribution in [3.8, 4) is 11.5 Å². The van der Waals surface area contributed by atoms with Gasteiger partial charge in [-0.1, -0.05) is 50.7 Å². The van der Waals surface area contributed by atoms with Crippen LogP contribution in [0.5, 0.6) is 0 Å². The number of nitrogens with zero attached hydrogens (tertiary/aromatic N) is 2. The normalized spacial score (nSPS) is 16.7. The minimum absolute atomic E-state index is 0.000160. The van der Waals surface area contributed by atoms with Gasteiger partial charge >= 0.3 is 0 Å². The topological polar surface area (TPSA) is 63.4 Å². The standard InChI is InChI=1S/C19H20N2O3S/c1-19(2,3)15(22)9-17-21(16(23)12-25-17)10-14-11-24-18(20-14)13-7-5-4-6-8-13/h4-9,11H,10,12H2,1-3H3/b17-9+. The lowest BCUT2D eigenvalue weighted by atomic mass is 9.91. The van der Waals surface area contributed by atoms with Crippen molar-refractivity contribution in [2.24, 2.45) is 5.41 Å². The summed E-state index contributed by atoms with van der Waals surface area (Å²) in [6.07, 6.45) is 3.12. The first kappa shape index (κ1) is 17.5. The lowest BCUT2D eigenvalue weighted by molar-refractivity contribution is -0.125. The van der Waals surface area contributed by atoms with Crippen molar-refractivity contribution in [1.29, 1.82) is 0 Å². The van der Waals surface area contributed by atoms with Crippen molar-refractivity contribution >= 4 is 23.5 Å². The SMILES string of the molecule is CC(C)(C)C(=O)/C=C1/SCC(=O)N1Cc1coc(-c2ccccc2)n1. The van der Waals surface area contributed by atoms with E-state index < -0.39 is 5.41 Å². The summed E-state index contributed by atoms with van der Waals surface area (Å²) in [4.78, 5) is 30.5. The minimum Gasteiger partial charge on any atom is -0.444 e. The summed E-state index contributed by atoms with van der Waals surface area (Å²) in [6, 6.07) is 9.59. The fourth-order valence-electron chi connectivity index (χ4n) is 2.28. The van der Waals surface area contributed by atoms with E-state index in [2.05, 4.69) is 4.98 Å². The van der Waals surface area contributed by atoms with Gasteiger partial charge in [-0.25, -0.2) is 4.98 Å². The van der Waals surface area contributed by atoms with Crippen LogP contribution in [0.2, 0.25) is 0 Å². The maximum atomic E-state index is 12.3. The number of amides is 1. The first-order valence-corrected chi connectivity index (χ1v) is 9.02. The van der Waals surface area contributed by atoms with Crippen molar-refractivity contribution in [2.75, 3.05) is 5.75 Å². The van der Waals surface area contributed by atoms with Crippen LogP contribution in [0.15, 0.2) is 52.1 Å². The summed E-state index contributed by atoms with van der Waals surface area (Å²) in [6.45, 7) is 5.89. The molecule has 5 nitrogen and oxygen atoms in total. The number of allylic oxidation sites excluding steroid dienone is 1. The Bertz CT molecular complexity index is 819. The summed E-state index contributed by atoms with van der Waals surface area (Å²) >= 11 is 1.38. The average Bonchev–Trinajstić information content (AvgIpc) is 3.17. The first-order valence-electron chi connectivity index (χ1n) is 8.04. The van der Waals surface area contributed by atoms with Gasteiger partial charge in [-0.15, -0.1) is 0 Å². The van der Waals surface area contributed by atoms with Gasteiger partial charge in [-0.05, 0) is 12.1 Å². The number of aromatic nitrogens is 1. The molecule has 2 heterocycles. The molecular formula is C19H20N2O3S. The number of oxazole rings is 1. The Morgan fingerprint density at radius 1 is 1.32 bits per heavy atom. The average molecular weight is 356 g/mol. The molecule has 2 aromatic rings. The van der Waals surface area contributed by atoms with Gasteiger partial charge in [0.25, 0.3) is 0 Å². The summed E-state index contributed by atoms with van der Waals surface area (Å²) in [5.74, 6) is 0.834. The third-order valence-corrected chi connectivity index (χ3v) is 4.82. The maximum absolute atomic E-state index is 12.3. The Hall–Kier alpha value is -2.34. The molecule has 1 aromatic carbocycles. The molecule has 0 bridgehead atoms. The molecule has 0 unspecified atom stereocenters. The van der Waals surface area contributed by atoms with Crippen molar-refractivity contribution in [3.63, 3.8) is 0 Å². The number of thioether (sulfide) groups is 1. The van der Waals surface area contributed by atoms with Crippen LogP contribution < -0.4 is 0 Å². The second-order valence-electron chi connectivity index (χ2n) is 6.88. The van der Waals surface area contributed by atoms with Gasteiger partial charge in [0.05, 0.1) is 23.0 Å². The zero-order valence-corrected chi connectivity index (χ0v) is 15.3. The van der Waals surface area contributed by atoms with E-state index in [4.69, 9.17) is 4.42 Å². The molecular weight excluding hydrogens is 336 g/mol. The fraction of sp³-hybridized carbons (Fsp3) is 0.316. The molecule has 25 heavy (non-hydrogen) atoms. The molecule has 0 radical (unpaired) electrons. The molecule has 1 saturated heterocycles. The Balaban J connectivity index is 1.79. The quantitative estimate of drug-likeness (QED) is 0.778. The number of rotatable bonds is 4. The highest BCUT2D eigenvalue weighted by Gasteiger charge is 2.30. The minimum atomic E-state index is -0.473. The third kappa shape index (κ3) is 4.02. The predicted octanol–water partition coefficient (Wildman–Crippen LogP) is 3.87. The summed E-state index contributed by atoms with van der Waals surface area (Å²) in [5, 5.41) is 0.675. The van der Waals surface area contributed by atoms with Gasteiger partial charge in [0, 0.05) is 17.1 Å². The molecule has 130 valence electrons. The maximum Gasteiger partial charge on any atom is 0.238 e. The Labute approximate surface area is 151 Å². The van der Waals surface area contributed by atoms with Crippen LogP contribution >= 0.6 is 11.8 Å². The number of carbonyl (C=O) groups is 2. The smallest absolute Gasteiger partial charge is 0.238 e. The molecule has 1 aliphatic rings. The summed E-state index contributed by atoms with van der Waals surface area (Å²) in [7, 11) is 0. The number of hydrogen-bond acceptors (Lipinski definition) is 5. The Morgan fingerprint density at radius 2 is 2.04 bits per heavy atom. The predicted molar refractivity (Wildman–Crippen MR) is 97.5 cm³/mol. The van der Waals surface area contributed by atoms with Gasteiger partial charge < -0.3 is 4.42 Å². The van der Waals surface area contributed by atoms with E-state index in [1.807, 2.05) is 51.1 Å². The van der Waals surface area contributed by atoms with Crippen LogP contribution in [0.3, 0.4) is 0 Å². The summed E-state index contributed by atoms with van der Waals surface area (Å²) < 4.78 is 5.52. The highest BCUT2D eigenvalue weighted by Crippen LogP contribution is 2.32. The number of ketones is 1. The third-order valence-electron chi connectivity index (χ3n) is 3.80. The van der Waals surface area contributed by atoms with Gasteiger partial charge in [-0.3, -0.25) is 14.5 Å². The lowest BCUT2D eigenvalue weighted by Gasteiger charge is -2.18. The second kappa shape index (κ2) is 6.88. The van der Waals surface area contributed by atoms with E-state index in [1.165, 1.54) is 11.8 Å². The van der Waals surface area contributed by atoms with Crippen molar-refractivity contribution in [2.45, 2.75) is 27.3 Å². The van der Waals surface area contributed by atoms with E-state index in [9.17, 15) is 9.59 Å². The lowest BCUT2D eigenvalue weighted by Crippen LogP contribution is -2.26. The second-order valence-corrected chi connectivity index (χ2v) is 7.87. The molecule has 6 heteroatoms. The first-order chi connectivity index (χ1) is 11.8. The van der Waals surface area contributed by atoms with E-state index in [1.54, 1.807) is 17.2 Å². The Kier molecular flexibility index (Phi) is 4.81. The highest BCUT2D eigenvalue weighted by atomic mass is 32.2. The van der Waals surface area contributed by atoms with Gasteiger partial charge in [0.15, 0.2) is 5.78 Å². The molecule has 0 aliphatic carbocycles. The van der Waals surface area contributed by atoms with Crippen molar-refractivity contribution in [3.05, 3.63) is 53.4 Å². The molecule has 1 aliphatic heterocycles. The van der Waals surface area contributed by atoms with Crippen LogP contribution in [0.25, 0.3) is 11.5 Å². The molecule has 0 spiro atoms. The largest absolute Gasteiger partial charge is 0.444 e. The van der Waals surface area contributed by atoms with E-state index in [-0.39, 0.29) is 11.7 Å². The zero-order valence-electron chi connectivity index (χ0n) is 14.5. The number of hydrogen-bond donors (Lipinski definition) is 0. The summed E-state index contributed by atoms with van der Waals surface area (Å²) in [5.41, 5.74) is 1.07. The van der Waals surface area contributed by atoms with Gasteiger partial charge in [0.1, 0.15) is 6.26 Å². The molecule has 1 aromatic heterocycles. The van der Waals surface area contributed by atoms with Crippen LogP contribution in [0.1, 0.15) is 26.5 Å². The van der Waals surface area contributed by atoms with E-state index >= 15 is 0 Å². The van der Waals surface area contributed by atoms with Crippen LogP contribution in [-0.4, -0.2) is 27.3 Å². The number of carbonyl (C=O) groups excluding carboxylic acids is 2. The van der Waals surface area contributed by atoms with Crippen molar-refractivity contribution < 1.29 is 14.0 Å². The Morgan fingerprint density at radius 3 is 2.72 bits per heavy atom. The van der Waals surface area contributed by atoms with Gasteiger partial charge in [0.2, 0.25) is 11.8 Å². The molecule has 1 amide bonds. The molecule has 1 fully saturated rings. The van der Waals surface area contributed by atoms with E-state index in [0.29, 0.717) is 28.9 Å². The fourth-order valence-corrected chi connectivity index (χ4v) is 3.22. The highest BCUT2D eigenvalue weighted by molar-refractivity contribution is 8.04. The van der Waals surface area contributed by atoms with Crippen LogP contribution in [0.4, 0.5) is 0 Å². The van der Waals surface area contributed by atoms with Crippen molar-refractivity contribution in [1.82, 2.24) is 9.88 Å². The molecule has 0 N–H and O–H groups in total. The number of benzene rings is 1. The van der Waals surface area contributed by atoms with E-state index in [0.717, 1.165) is 5.56 Å². The zero-order chi connectivity index (χ0) is 18.0. The van der Waals surface area contributed by atoms with Crippen LogP contribution in [-0.2, 0) is 16.1 Å². The molecule has 3 rings (SSSR count).